The summed E-state index contributed by atoms with van der Waals surface area (Å²) >= 11 is 0. The summed E-state index contributed by atoms with van der Waals surface area (Å²) in [6, 6.07) is 18.6. The lowest BCUT2D eigenvalue weighted by Crippen LogP contribution is -2.24. The molecule has 25 heavy (non-hydrogen) atoms. The van der Waals surface area contributed by atoms with Crippen molar-refractivity contribution in [1.82, 2.24) is 0 Å². The second-order valence-corrected chi connectivity index (χ2v) is 9.99. The van der Waals surface area contributed by atoms with E-state index in [9.17, 15) is 0 Å². The quantitative estimate of drug-likeness (QED) is 0.725. The summed E-state index contributed by atoms with van der Waals surface area (Å²) in [6.45, 7) is 0. The van der Waals surface area contributed by atoms with Gasteiger partial charge in [0.15, 0.2) is 0 Å². The van der Waals surface area contributed by atoms with E-state index in [1.807, 2.05) is 0 Å². The van der Waals surface area contributed by atoms with Gasteiger partial charge in [0.2, 0.25) is 0 Å². The van der Waals surface area contributed by atoms with Crippen molar-refractivity contribution >= 4 is 29.9 Å². The summed E-state index contributed by atoms with van der Waals surface area (Å²) in [5.41, 5.74) is 3.40. The Hall–Kier alpha value is -1.53. The number of anilines is 2. The van der Waals surface area contributed by atoms with Crippen molar-refractivity contribution in [2.75, 3.05) is 38.0 Å². The van der Waals surface area contributed by atoms with Gasteiger partial charge in [0, 0.05) is 39.6 Å². The van der Waals surface area contributed by atoms with E-state index in [2.05, 4.69) is 86.5 Å². The molecule has 0 bridgehead atoms. The van der Waals surface area contributed by atoms with Crippen LogP contribution in [0.15, 0.2) is 48.5 Å². The molecule has 1 aliphatic carbocycles. The molecule has 0 aliphatic heterocycles. The van der Waals surface area contributed by atoms with Crippen LogP contribution in [0.25, 0.3) is 0 Å². The molecule has 0 amide bonds. The summed E-state index contributed by atoms with van der Waals surface area (Å²) in [5, 5.41) is 3.07. The number of hydrogen-bond acceptors (Lipinski definition) is 2. The van der Waals surface area contributed by atoms with E-state index in [-0.39, 0.29) is 7.92 Å². The zero-order valence-corrected chi connectivity index (χ0v) is 17.0. The SMILES string of the molecule is CN(C)c1ccc(P(c2ccc(N(C)C)cc2)C2CCCCC2)cc1. The monoisotopic (exact) mass is 354 g/mol. The summed E-state index contributed by atoms with van der Waals surface area (Å²) in [4.78, 5) is 4.36. The first-order chi connectivity index (χ1) is 12.1. The Morgan fingerprint density at radius 2 is 1.04 bits per heavy atom. The minimum absolute atomic E-state index is 0.269. The van der Waals surface area contributed by atoms with E-state index in [0.717, 1.165) is 5.66 Å². The molecule has 3 heteroatoms. The fourth-order valence-corrected chi connectivity index (χ4v) is 6.70. The molecule has 1 fully saturated rings. The molecule has 0 heterocycles. The summed E-state index contributed by atoms with van der Waals surface area (Å²) in [7, 11) is 8.17. The Bertz CT molecular complexity index is 604. The van der Waals surface area contributed by atoms with Gasteiger partial charge in [-0.25, -0.2) is 0 Å². The number of benzene rings is 2. The molecule has 0 atom stereocenters. The van der Waals surface area contributed by atoms with Gasteiger partial charge in [-0.15, -0.1) is 0 Å². The van der Waals surface area contributed by atoms with Crippen molar-refractivity contribution in [3.8, 4) is 0 Å². The van der Waals surface area contributed by atoms with Crippen LogP contribution in [-0.2, 0) is 0 Å². The minimum Gasteiger partial charge on any atom is -0.378 e. The zero-order valence-electron chi connectivity index (χ0n) is 16.1. The van der Waals surface area contributed by atoms with Crippen molar-refractivity contribution in [2.45, 2.75) is 37.8 Å². The largest absolute Gasteiger partial charge is 0.378 e. The van der Waals surface area contributed by atoms with Gasteiger partial charge < -0.3 is 9.80 Å². The van der Waals surface area contributed by atoms with Gasteiger partial charge in [0.05, 0.1) is 0 Å². The highest BCUT2D eigenvalue weighted by atomic mass is 31.1. The third-order valence-electron chi connectivity index (χ3n) is 5.23. The Labute approximate surface area is 154 Å². The number of hydrogen-bond donors (Lipinski definition) is 0. The van der Waals surface area contributed by atoms with Gasteiger partial charge in [-0.1, -0.05) is 43.5 Å². The summed E-state index contributed by atoms with van der Waals surface area (Å²) in [5.74, 6) is 0. The molecular formula is C22H31N2P. The molecular weight excluding hydrogens is 323 g/mol. The van der Waals surface area contributed by atoms with Crippen molar-refractivity contribution in [2.24, 2.45) is 0 Å². The number of nitrogens with zero attached hydrogens (tertiary/aromatic N) is 2. The maximum Gasteiger partial charge on any atom is 0.0361 e. The lowest BCUT2D eigenvalue weighted by molar-refractivity contribution is 0.513. The Balaban J connectivity index is 1.94. The van der Waals surface area contributed by atoms with Crippen LogP contribution in [-0.4, -0.2) is 33.8 Å². The standard InChI is InChI=1S/C22H31N2P/c1-23(2)18-10-14-21(15-11-18)25(20-8-6-5-7-9-20)22-16-12-19(13-17-22)24(3)4/h10-17,20H,5-9H2,1-4H3. The molecule has 0 N–H and O–H groups in total. The van der Waals surface area contributed by atoms with Crippen molar-refractivity contribution in [1.29, 1.82) is 0 Å². The Morgan fingerprint density at radius 3 is 1.40 bits per heavy atom. The topological polar surface area (TPSA) is 6.48 Å². The van der Waals surface area contributed by atoms with Crippen LogP contribution in [0.4, 0.5) is 11.4 Å². The predicted molar refractivity (Wildman–Crippen MR) is 115 cm³/mol. The van der Waals surface area contributed by atoms with Crippen LogP contribution in [0.5, 0.6) is 0 Å². The molecule has 2 aromatic rings. The number of rotatable bonds is 5. The first-order valence-electron chi connectivity index (χ1n) is 9.40. The van der Waals surface area contributed by atoms with E-state index in [0.29, 0.717) is 0 Å². The summed E-state index contributed by atoms with van der Waals surface area (Å²) in [6.07, 6.45) is 6.98. The third kappa shape index (κ3) is 4.36. The van der Waals surface area contributed by atoms with Gasteiger partial charge in [-0.3, -0.25) is 0 Å². The second-order valence-electron chi connectivity index (χ2n) is 7.48. The highest BCUT2D eigenvalue weighted by Gasteiger charge is 2.26. The van der Waals surface area contributed by atoms with Gasteiger partial charge in [0.25, 0.3) is 0 Å². The van der Waals surface area contributed by atoms with Crippen LogP contribution < -0.4 is 20.4 Å². The maximum absolute atomic E-state index is 2.37. The summed E-state index contributed by atoms with van der Waals surface area (Å²) < 4.78 is 0. The molecule has 3 rings (SSSR count). The molecule has 2 nitrogen and oxygen atoms in total. The zero-order chi connectivity index (χ0) is 17.8. The lowest BCUT2D eigenvalue weighted by Gasteiger charge is -2.32. The molecule has 134 valence electrons. The molecule has 0 radical (unpaired) electrons. The second kappa shape index (κ2) is 8.23. The van der Waals surface area contributed by atoms with Crippen molar-refractivity contribution < 1.29 is 0 Å². The fraction of sp³-hybridized carbons (Fsp3) is 0.455. The van der Waals surface area contributed by atoms with E-state index in [4.69, 9.17) is 0 Å². The van der Waals surface area contributed by atoms with Gasteiger partial charge in [0.1, 0.15) is 0 Å². The highest BCUT2D eigenvalue weighted by Crippen LogP contribution is 2.46. The van der Waals surface area contributed by atoms with Crippen LogP contribution in [0.2, 0.25) is 0 Å². The highest BCUT2D eigenvalue weighted by molar-refractivity contribution is 7.73. The van der Waals surface area contributed by atoms with Crippen LogP contribution in [0.1, 0.15) is 32.1 Å². The Morgan fingerprint density at radius 1 is 0.640 bits per heavy atom. The van der Waals surface area contributed by atoms with E-state index >= 15 is 0 Å². The van der Waals surface area contributed by atoms with Gasteiger partial charge >= 0.3 is 0 Å². The van der Waals surface area contributed by atoms with Crippen LogP contribution >= 0.6 is 7.92 Å². The molecule has 0 spiro atoms. The van der Waals surface area contributed by atoms with Crippen LogP contribution in [0.3, 0.4) is 0 Å². The average Bonchev–Trinajstić information content (AvgIpc) is 2.64. The maximum atomic E-state index is 2.37. The van der Waals surface area contributed by atoms with Crippen molar-refractivity contribution in [3.63, 3.8) is 0 Å². The minimum atomic E-state index is -0.269. The van der Waals surface area contributed by atoms with Crippen molar-refractivity contribution in [3.05, 3.63) is 48.5 Å². The predicted octanol–water partition coefficient (Wildman–Crippen LogP) is 4.58. The van der Waals surface area contributed by atoms with E-state index in [1.165, 1.54) is 54.1 Å². The van der Waals surface area contributed by atoms with E-state index < -0.39 is 0 Å². The molecule has 0 aromatic heterocycles. The normalized spacial score (nSPS) is 15.4. The van der Waals surface area contributed by atoms with Gasteiger partial charge in [-0.2, -0.15) is 0 Å². The van der Waals surface area contributed by atoms with E-state index in [1.54, 1.807) is 0 Å². The molecule has 0 unspecified atom stereocenters. The first-order valence-corrected chi connectivity index (χ1v) is 10.8. The van der Waals surface area contributed by atoms with Gasteiger partial charge in [-0.05, 0) is 61.3 Å². The van der Waals surface area contributed by atoms with Crippen LogP contribution in [0, 0.1) is 0 Å². The Kier molecular flexibility index (Phi) is 6.02. The third-order valence-corrected chi connectivity index (χ3v) is 8.18. The molecule has 1 saturated carbocycles. The molecule has 2 aromatic carbocycles. The smallest absolute Gasteiger partial charge is 0.0361 e. The lowest BCUT2D eigenvalue weighted by atomic mass is 10.0. The first kappa shape index (κ1) is 18.3. The fourth-order valence-electron chi connectivity index (χ4n) is 3.73. The molecule has 0 saturated heterocycles. The molecule has 1 aliphatic rings. The average molecular weight is 354 g/mol.